The normalized spacial score (nSPS) is 22.0. The highest BCUT2D eigenvalue weighted by atomic mass is 16.5. The largest absolute Gasteiger partial charge is 0.377 e. The molecule has 0 aromatic rings. The molecule has 1 rings (SSSR count). The number of ether oxygens (including phenoxy) is 1. The van der Waals surface area contributed by atoms with E-state index in [-0.39, 0.29) is 11.5 Å². The highest BCUT2D eigenvalue weighted by Crippen LogP contribution is 2.24. The Hall–Kier alpha value is -0.0800. The summed E-state index contributed by atoms with van der Waals surface area (Å²) in [5.74, 6) is 0. The van der Waals surface area contributed by atoms with Gasteiger partial charge in [0.05, 0.1) is 12.7 Å². The highest BCUT2D eigenvalue weighted by molar-refractivity contribution is 4.78. The molecule has 0 spiro atoms. The van der Waals surface area contributed by atoms with Crippen molar-refractivity contribution in [2.75, 3.05) is 6.61 Å². The first-order valence-electron chi connectivity index (χ1n) is 4.87. The average molecular weight is 171 g/mol. The quantitative estimate of drug-likeness (QED) is 0.704. The van der Waals surface area contributed by atoms with Gasteiger partial charge in [-0.25, -0.2) is 0 Å². The molecule has 1 aliphatic carbocycles. The Bertz CT molecular complexity index is 135. The van der Waals surface area contributed by atoms with Crippen LogP contribution in [-0.4, -0.2) is 18.8 Å². The molecule has 2 N–H and O–H groups in total. The Labute approximate surface area is 75.5 Å². The predicted molar refractivity (Wildman–Crippen MR) is 51.0 cm³/mol. The molecule has 1 saturated carbocycles. The number of hydrogen-bond donors (Lipinski definition) is 1. The zero-order chi connectivity index (χ0) is 9.19. The topological polar surface area (TPSA) is 35.2 Å². The van der Waals surface area contributed by atoms with Gasteiger partial charge in [0, 0.05) is 6.04 Å². The van der Waals surface area contributed by atoms with Crippen LogP contribution in [0.3, 0.4) is 0 Å². The molecule has 0 heterocycles. The van der Waals surface area contributed by atoms with Gasteiger partial charge in [0.25, 0.3) is 0 Å². The maximum Gasteiger partial charge on any atom is 0.0626 e. The van der Waals surface area contributed by atoms with Crippen LogP contribution in [0.2, 0.25) is 0 Å². The van der Waals surface area contributed by atoms with Gasteiger partial charge in [0.1, 0.15) is 0 Å². The minimum Gasteiger partial charge on any atom is -0.377 e. The lowest BCUT2D eigenvalue weighted by atomic mass is 9.88. The molecule has 1 unspecified atom stereocenters. The fourth-order valence-electron chi connectivity index (χ4n) is 1.03. The van der Waals surface area contributed by atoms with Crippen molar-refractivity contribution in [1.29, 1.82) is 0 Å². The molecule has 0 saturated heterocycles. The molecule has 0 aromatic carbocycles. The van der Waals surface area contributed by atoms with Crippen molar-refractivity contribution in [3.05, 3.63) is 0 Å². The monoisotopic (exact) mass is 171 g/mol. The van der Waals surface area contributed by atoms with E-state index in [1.807, 2.05) is 0 Å². The van der Waals surface area contributed by atoms with Gasteiger partial charge >= 0.3 is 0 Å². The van der Waals surface area contributed by atoms with Crippen LogP contribution in [0.4, 0.5) is 0 Å². The molecule has 2 nitrogen and oxygen atoms in total. The van der Waals surface area contributed by atoms with Crippen molar-refractivity contribution in [1.82, 2.24) is 0 Å². The van der Waals surface area contributed by atoms with E-state index in [4.69, 9.17) is 10.5 Å². The molecule has 1 aliphatic rings. The molecule has 12 heavy (non-hydrogen) atoms. The minimum atomic E-state index is 0.165. The average Bonchev–Trinajstić information content (AvgIpc) is 1.81. The van der Waals surface area contributed by atoms with Gasteiger partial charge < -0.3 is 10.5 Å². The number of nitrogens with two attached hydrogens (primary N) is 1. The molecule has 2 heteroatoms. The summed E-state index contributed by atoms with van der Waals surface area (Å²) >= 11 is 0. The second kappa shape index (κ2) is 3.75. The summed E-state index contributed by atoms with van der Waals surface area (Å²) in [6, 6.07) is 0.165. The first-order valence-corrected chi connectivity index (χ1v) is 4.87. The molecule has 0 amide bonds. The van der Waals surface area contributed by atoms with Crippen molar-refractivity contribution in [2.24, 2.45) is 11.1 Å². The van der Waals surface area contributed by atoms with Gasteiger partial charge in [-0.05, 0) is 24.7 Å². The third-order valence-electron chi connectivity index (χ3n) is 2.68. The Morgan fingerprint density at radius 3 is 2.33 bits per heavy atom. The first-order chi connectivity index (χ1) is 5.50. The maximum atomic E-state index is 5.95. The molecule has 0 radical (unpaired) electrons. The van der Waals surface area contributed by atoms with Crippen LogP contribution >= 0.6 is 0 Å². The van der Waals surface area contributed by atoms with Gasteiger partial charge in [-0.1, -0.05) is 20.8 Å². The lowest BCUT2D eigenvalue weighted by Gasteiger charge is -2.31. The zero-order valence-electron chi connectivity index (χ0n) is 8.47. The summed E-state index contributed by atoms with van der Waals surface area (Å²) in [4.78, 5) is 0. The van der Waals surface area contributed by atoms with Crippen LogP contribution in [0.5, 0.6) is 0 Å². The third-order valence-corrected chi connectivity index (χ3v) is 2.68. The molecular weight excluding hydrogens is 150 g/mol. The van der Waals surface area contributed by atoms with E-state index in [1.54, 1.807) is 0 Å². The second-order valence-corrected chi connectivity index (χ2v) is 4.86. The molecule has 0 bridgehead atoms. The standard InChI is InChI=1S/C10H21NO/c1-10(2,3)9(11)7-12-8-5-4-6-8/h8-9H,4-7,11H2,1-3H3. The van der Waals surface area contributed by atoms with Crippen LogP contribution in [0.15, 0.2) is 0 Å². The summed E-state index contributed by atoms with van der Waals surface area (Å²) in [7, 11) is 0. The summed E-state index contributed by atoms with van der Waals surface area (Å²) in [6.07, 6.45) is 4.31. The van der Waals surface area contributed by atoms with Gasteiger partial charge in [0.15, 0.2) is 0 Å². The smallest absolute Gasteiger partial charge is 0.0626 e. The molecule has 1 fully saturated rings. The Morgan fingerprint density at radius 1 is 1.42 bits per heavy atom. The van der Waals surface area contributed by atoms with E-state index in [0.717, 1.165) is 0 Å². The molecule has 0 aromatic heterocycles. The zero-order valence-corrected chi connectivity index (χ0v) is 8.47. The third kappa shape index (κ3) is 2.76. The van der Waals surface area contributed by atoms with Crippen LogP contribution in [0, 0.1) is 5.41 Å². The van der Waals surface area contributed by atoms with E-state index in [9.17, 15) is 0 Å². The van der Waals surface area contributed by atoms with E-state index >= 15 is 0 Å². The fraction of sp³-hybridized carbons (Fsp3) is 1.00. The first kappa shape index (κ1) is 10.0. The molecule has 72 valence electrons. The Kier molecular flexibility index (Phi) is 3.13. The molecular formula is C10H21NO. The van der Waals surface area contributed by atoms with E-state index in [0.29, 0.717) is 12.7 Å². The Balaban J connectivity index is 2.13. The summed E-state index contributed by atoms with van der Waals surface area (Å²) in [5, 5.41) is 0. The van der Waals surface area contributed by atoms with Gasteiger partial charge in [-0.15, -0.1) is 0 Å². The van der Waals surface area contributed by atoms with E-state index in [2.05, 4.69) is 20.8 Å². The van der Waals surface area contributed by atoms with E-state index < -0.39 is 0 Å². The van der Waals surface area contributed by atoms with Crippen molar-refractivity contribution in [3.63, 3.8) is 0 Å². The van der Waals surface area contributed by atoms with Crippen LogP contribution in [0.1, 0.15) is 40.0 Å². The van der Waals surface area contributed by atoms with Crippen LogP contribution in [0.25, 0.3) is 0 Å². The number of rotatable bonds is 3. The van der Waals surface area contributed by atoms with Crippen molar-refractivity contribution < 1.29 is 4.74 Å². The second-order valence-electron chi connectivity index (χ2n) is 4.86. The summed E-state index contributed by atoms with van der Waals surface area (Å²) in [6.45, 7) is 7.18. The predicted octanol–water partition coefficient (Wildman–Crippen LogP) is 1.93. The van der Waals surface area contributed by atoms with Crippen molar-refractivity contribution in [2.45, 2.75) is 52.2 Å². The SMILES string of the molecule is CC(C)(C)C(N)COC1CCC1. The summed E-state index contributed by atoms with van der Waals surface area (Å²) in [5.41, 5.74) is 6.12. The van der Waals surface area contributed by atoms with Gasteiger partial charge in [0.2, 0.25) is 0 Å². The maximum absolute atomic E-state index is 5.95. The van der Waals surface area contributed by atoms with Gasteiger partial charge in [-0.2, -0.15) is 0 Å². The highest BCUT2D eigenvalue weighted by Gasteiger charge is 2.24. The minimum absolute atomic E-state index is 0.165. The summed E-state index contributed by atoms with van der Waals surface area (Å²) < 4.78 is 5.64. The Morgan fingerprint density at radius 2 is 2.00 bits per heavy atom. The number of hydrogen-bond acceptors (Lipinski definition) is 2. The van der Waals surface area contributed by atoms with Crippen LogP contribution in [-0.2, 0) is 4.74 Å². The van der Waals surface area contributed by atoms with Crippen molar-refractivity contribution >= 4 is 0 Å². The van der Waals surface area contributed by atoms with Gasteiger partial charge in [-0.3, -0.25) is 0 Å². The fourth-order valence-corrected chi connectivity index (χ4v) is 1.03. The lowest BCUT2D eigenvalue weighted by Crippen LogP contribution is -2.41. The van der Waals surface area contributed by atoms with Crippen molar-refractivity contribution in [3.8, 4) is 0 Å². The lowest BCUT2D eigenvalue weighted by molar-refractivity contribution is -0.0164. The van der Waals surface area contributed by atoms with E-state index in [1.165, 1.54) is 19.3 Å². The van der Waals surface area contributed by atoms with Crippen LogP contribution < -0.4 is 5.73 Å². The molecule has 0 aliphatic heterocycles. The molecule has 1 atom stereocenters.